The number of nitrogens with zero attached hydrogens (tertiary/aromatic N) is 2. The highest BCUT2D eigenvalue weighted by atomic mass is 16.5. The smallest absolute Gasteiger partial charge is 0.0630 e. The Morgan fingerprint density at radius 1 is 1.20 bits per heavy atom. The van der Waals surface area contributed by atoms with Gasteiger partial charge in [-0.2, -0.15) is 0 Å². The fourth-order valence-electron chi connectivity index (χ4n) is 3.48. The fraction of sp³-hybridized carbons (Fsp3) is 1.00. The van der Waals surface area contributed by atoms with Gasteiger partial charge in [0.15, 0.2) is 0 Å². The third-order valence-electron chi connectivity index (χ3n) is 4.58. The van der Waals surface area contributed by atoms with Crippen molar-refractivity contribution in [2.75, 3.05) is 46.4 Å². The lowest BCUT2D eigenvalue weighted by Crippen LogP contribution is -2.51. The van der Waals surface area contributed by atoms with Gasteiger partial charge in [-0.1, -0.05) is 0 Å². The molecule has 0 aromatic rings. The van der Waals surface area contributed by atoms with Crippen LogP contribution in [0, 0.1) is 0 Å². The van der Waals surface area contributed by atoms with Gasteiger partial charge < -0.3 is 10.1 Å². The van der Waals surface area contributed by atoms with Crippen LogP contribution in [0.4, 0.5) is 0 Å². The van der Waals surface area contributed by atoms with Crippen LogP contribution in [0.25, 0.3) is 0 Å². The van der Waals surface area contributed by atoms with E-state index in [0.717, 1.165) is 19.2 Å². The van der Waals surface area contributed by atoms with E-state index in [1.54, 1.807) is 0 Å². The number of methoxy groups -OCH3 is 1. The molecule has 0 radical (unpaired) electrons. The molecule has 0 spiro atoms. The summed E-state index contributed by atoms with van der Waals surface area (Å²) in [5, 5.41) is 3.65. The summed E-state index contributed by atoms with van der Waals surface area (Å²) in [6.45, 7) is 13.6. The normalized spacial score (nSPS) is 27.3. The first kappa shape index (κ1) is 16.2. The number of ether oxygens (including phenoxy) is 1. The van der Waals surface area contributed by atoms with E-state index >= 15 is 0 Å². The van der Waals surface area contributed by atoms with Crippen molar-refractivity contribution in [3.8, 4) is 0 Å². The van der Waals surface area contributed by atoms with E-state index in [9.17, 15) is 0 Å². The van der Waals surface area contributed by atoms with Gasteiger partial charge in [-0.25, -0.2) is 0 Å². The second-order valence-corrected chi connectivity index (χ2v) is 7.42. The quantitative estimate of drug-likeness (QED) is 0.829. The summed E-state index contributed by atoms with van der Waals surface area (Å²) >= 11 is 0. The average molecular weight is 283 g/mol. The molecular formula is C16H33N3O. The molecule has 4 nitrogen and oxygen atoms in total. The lowest BCUT2D eigenvalue weighted by molar-refractivity contribution is 0.0802. The van der Waals surface area contributed by atoms with Crippen molar-refractivity contribution >= 4 is 0 Å². The van der Waals surface area contributed by atoms with Crippen LogP contribution < -0.4 is 5.32 Å². The van der Waals surface area contributed by atoms with Crippen molar-refractivity contribution in [1.29, 1.82) is 0 Å². The molecule has 2 aliphatic rings. The van der Waals surface area contributed by atoms with E-state index in [1.165, 1.54) is 45.4 Å². The average Bonchev–Trinajstić information content (AvgIpc) is 2.71. The Morgan fingerprint density at radius 2 is 1.95 bits per heavy atom. The van der Waals surface area contributed by atoms with E-state index < -0.39 is 0 Å². The van der Waals surface area contributed by atoms with Crippen LogP contribution in [0.15, 0.2) is 0 Å². The first-order valence-corrected chi connectivity index (χ1v) is 8.21. The third kappa shape index (κ3) is 4.69. The zero-order valence-corrected chi connectivity index (χ0v) is 13.8. The second kappa shape index (κ2) is 7.21. The van der Waals surface area contributed by atoms with Crippen LogP contribution in [-0.2, 0) is 4.74 Å². The Hall–Kier alpha value is -0.160. The minimum absolute atomic E-state index is 0.178. The summed E-state index contributed by atoms with van der Waals surface area (Å²) in [6.07, 6.45) is 4.06. The first-order chi connectivity index (χ1) is 9.49. The van der Waals surface area contributed by atoms with E-state index in [1.807, 2.05) is 7.11 Å². The second-order valence-electron chi connectivity index (χ2n) is 7.42. The number of hydrogen-bond acceptors (Lipinski definition) is 4. The van der Waals surface area contributed by atoms with Crippen molar-refractivity contribution in [3.05, 3.63) is 0 Å². The minimum Gasteiger partial charge on any atom is -0.383 e. The predicted octanol–water partition coefficient (Wildman–Crippen LogP) is 1.56. The van der Waals surface area contributed by atoms with Gasteiger partial charge in [-0.3, -0.25) is 9.80 Å². The maximum Gasteiger partial charge on any atom is 0.0630 e. The van der Waals surface area contributed by atoms with E-state index in [2.05, 4.69) is 35.9 Å². The summed E-state index contributed by atoms with van der Waals surface area (Å²) in [6, 6.07) is 1.28. The van der Waals surface area contributed by atoms with Crippen LogP contribution in [0.1, 0.15) is 40.0 Å². The number of fused-ring (bicyclic) bond motifs is 1. The SMILES string of the molecule is COCC(CNC(C)(C)C)N1CCCN2CCCC2C1. The third-order valence-corrected chi connectivity index (χ3v) is 4.58. The zero-order chi connectivity index (χ0) is 14.6. The Balaban J connectivity index is 1.93. The van der Waals surface area contributed by atoms with Crippen molar-refractivity contribution in [2.24, 2.45) is 0 Å². The van der Waals surface area contributed by atoms with Crippen molar-refractivity contribution < 1.29 is 4.74 Å². The summed E-state index contributed by atoms with van der Waals surface area (Å²) < 4.78 is 5.48. The number of nitrogens with one attached hydrogen (secondary N) is 1. The molecule has 2 atom stereocenters. The Morgan fingerprint density at radius 3 is 2.65 bits per heavy atom. The maximum absolute atomic E-state index is 5.48. The van der Waals surface area contributed by atoms with Gasteiger partial charge in [-0.15, -0.1) is 0 Å². The van der Waals surface area contributed by atoms with Crippen molar-refractivity contribution in [3.63, 3.8) is 0 Å². The Kier molecular flexibility index (Phi) is 5.84. The van der Waals surface area contributed by atoms with E-state index in [4.69, 9.17) is 4.74 Å². The molecule has 1 N–H and O–H groups in total. The maximum atomic E-state index is 5.48. The molecule has 2 heterocycles. The van der Waals surface area contributed by atoms with Gasteiger partial charge in [0.25, 0.3) is 0 Å². The van der Waals surface area contributed by atoms with Gasteiger partial charge >= 0.3 is 0 Å². The van der Waals surface area contributed by atoms with Gasteiger partial charge in [0.2, 0.25) is 0 Å². The van der Waals surface area contributed by atoms with E-state index in [0.29, 0.717) is 6.04 Å². The molecule has 0 aliphatic carbocycles. The van der Waals surface area contributed by atoms with Crippen LogP contribution in [0.2, 0.25) is 0 Å². The zero-order valence-electron chi connectivity index (χ0n) is 13.8. The number of hydrogen-bond donors (Lipinski definition) is 1. The van der Waals surface area contributed by atoms with Gasteiger partial charge in [0.1, 0.15) is 0 Å². The summed E-state index contributed by atoms with van der Waals surface area (Å²) in [5.41, 5.74) is 0.178. The first-order valence-electron chi connectivity index (χ1n) is 8.21. The molecule has 4 heteroatoms. The summed E-state index contributed by atoms with van der Waals surface area (Å²) in [7, 11) is 1.82. The molecule has 0 saturated carbocycles. The highest BCUT2D eigenvalue weighted by molar-refractivity contribution is 4.88. The summed E-state index contributed by atoms with van der Waals surface area (Å²) in [4.78, 5) is 5.36. The lowest BCUT2D eigenvalue weighted by atomic mass is 10.1. The van der Waals surface area contributed by atoms with Crippen LogP contribution in [-0.4, -0.2) is 73.9 Å². The van der Waals surface area contributed by atoms with Crippen molar-refractivity contribution in [1.82, 2.24) is 15.1 Å². The molecule has 2 fully saturated rings. The van der Waals surface area contributed by atoms with Crippen LogP contribution in [0.5, 0.6) is 0 Å². The molecule has 0 bridgehead atoms. The molecule has 0 aromatic heterocycles. The standard InChI is InChI=1S/C16H33N3O/c1-16(2,3)17-11-15(13-20-4)19-10-6-9-18-8-5-7-14(18)12-19/h14-15,17H,5-13H2,1-4H3. The fourth-order valence-corrected chi connectivity index (χ4v) is 3.48. The molecule has 2 saturated heterocycles. The van der Waals surface area contributed by atoms with Gasteiger partial charge in [0.05, 0.1) is 6.61 Å². The van der Waals surface area contributed by atoms with E-state index in [-0.39, 0.29) is 5.54 Å². The highest BCUT2D eigenvalue weighted by Crippen LogP contribution is 2.22. The molecule has 0 amide bonds. The van der Waals surface area contributed by atoms with Crippen LogP contribution >= 0.6 is 0 Å². The lowest BCUT2D eigenvalue weighted by Gasteiger charge is -2.34. The Labute approximate surface area is 124 Å². The monoisotopic (exact) mass is 283 g/mol. The van der Waals surface area contributed by atoms with Gasteiger partial charge in [-0.05, 0) is 59.7 Å². The van der Waals surface area contributed by atoms with Gasteiger partial charge in [0, 0.05) is 37.8 Å². The summed E-state index contributed by atoms with van der Waals surface area (Å²) in [5.74, 6) is 0. The molecule has 20 heavy (non-hydrogen) atoms. The van der Waals surface area contributed by atoms with Crippen molar-refractivity contribution in [2.45, 2.75) is 57.7 Å². The minimum atomic E-state index is 0.178. The molecule has 2 aliphatic heterocycles. The molecule has 118 valence electrons. The molecule has 2 rings (SSSR count). The topological polar surface area (TPSA) is 27.7 Å². The molecule has 2 unspecified atom stereocenters. The van der Waals surface area contributed by atoms with Crippen LogP contribution in [0.3, 0.4) is 0 Å². The Bertz CT molecular complexity index is 290. The number of rotatable bonds is 5. The molecular weight excluding hydrogens is 250 g/mol. The molecule has 0 aromatic carbocycles. The largest absolute Gasteiger partial charge is 0.383 e. The highest BCUT2D eigenvalue weighted by Gasteiger charge is 2.31. The predicted molar refractivity (Wildman–Crippen MR) is 84.2 cm³/mol.